The van der Waals surface area contributed by atoms with Gasteiger partial charge in [0.1, 0.15) is 11.0 Å². The Morgan fingerprint density at radius 3 is 2.72 bits per heavy atom. The highest BCUT2D eigenvalue weighted by Crippen LogP contribution is 2.32. The van der Waals surface area contributed by atoms with Crippen LogP contribution in [0.25, 0.3) is 0 Å². The molecule has 0 spiro atoms. The Morgan fingerprint density at radius 1 is 1.38 bits per heavy atom. The Bertz CT molecular complexity index is 779. The van der Waals surface area contributed by atoms with Crippen LogP contribution in [0.15, 0.2) is 41.9 Å². The van der Waals surface area contributed by atoms with Gasteiger partial charge in [-0.2, -0.15) is 0 Å². The van der Waals surface area contributed by atoms with Crippen molar-refractivity contribution in [2.45, 2.75) is 31.4 Å². The summed E-state index contributed by atoms with van der Waals surface area (Å²) in [5.41, 5.74) is 0.677. The predicted octanol–water partition coefficient (Wildman–Crippen LogP) is 2.57. The van der Waals surface area contributed by atoms with Gasteiger partial charge in [-0.25, -0.2) is 4.99 Å². The van der Waals surface area contributed by atoms with E-state index in [0.717, 1.165) is 5.75 Å². The third-order valence-electron chi connectivity index (χ3n) is 3.96. The second-order valence-electron chi connectivity index (χ2n) is 6.22. The number of thioether (sulfide) groups is 1. The molecule has 0 saturated carbocycles. The van der Waals surface area contributed by atoms with Crippen molar-refractivity contribution in [3.05, 3.63) is 36.9 Å². The number of carboxylic acids is 1. The van der Waals surface area contributed by atoms with Gasteiger partial charge in [0.15, 0.2) is 5.17 Å². The Labute approximate surface area is 174 Å². The summed E-state index contributed by atoms with van der Waals surface area (Å²) in [6, 6.07) is 7.23. The lowest BCUT2D eigenvalue weighted by Gasteiger charge is -2.14. The van der Waals surface area contributed by atoms with Crippen molar-refractivity contribution in [2.75, 3.05) is 19.7 Å². The Morgan fingerprint density at radius 2 is 2.10 bits per heavy atom. The highest BCUT2D eigenvalue weighted by Gasteiger charge is 2.38. The third-order valence-corrected chi connectivity index (χ3v) is 5.14. The smallest absolute Gasteiger partial charge is 0.303 e. The van der Waals surface area contributed by atoms with Gasteiger partial charge in [0.2, 0.25) is 11.8 Å². The minimum atomic E-state index is -0.906. The maximum Gasteiger partial charge on any atom is 0.303 e. The number of nitrogens with zero attached hydrogens (tertiary/aromatic N) is 2. The van der Waals surface area contributed by atoms with E-state index in [9.17, 15) is 14.4 Å². The Hall–Kier alpha value is -2.81. The number of hydrogen-bond donors (Lipinski definition) is 2. The van der Waals surface area contributed by atoms with E-state index in [2.05, 4.69) is 16.9 Å². The maximum absolute atomic E-state index is 12.7. The first kappa shape index (κ1) is 22.5. The SMILES string of the molecule is C=CCN1C(=O)C(CC(=O)NCCCC(=O)O)SC1=Nc1ccc(OCC)cc1. The van der Waals surface area contributed by atoms with Crippen LogP contribution < -0.4 is 10.1 Å². The van der Waals surface area contributed by atoms with Gasteiger partial charge in [-0.05, 0) is 37.6 Å². The molecule has 1 atom stereocenters. The van der Waals surface area contributed by atoms with Crippen molar-refractivity contribution < 1.29 is 24.2 Å². The Kier molecular flexibility index (Phi) is 8.72. The summed E-state index contributed by atoms with van der Waals surface area (Å²) in [4.78, 5) is 41.4. The van der Waals surface area contributed by atoms with E-state index in [0.29, 0.717) is 30.4 Å². The molecule has 1 unspecified atom stereocenters. The quantitative estimate of drug-likeness (QED) is 0.422. The minimum Gasteiger partial charge on any atom is -0.494 e. The van der Waals surface area contributed by atoms with E-state index in [-0.39, 0.29) is 31.2 Å². The molecule has 1 fully saturated rings. The zero-order valence-corrected chi connectivity index (χ0v) is 17.1. The van der Waals surface area contributed by atoms with Crippen LogP contribution in [0.2, 0.25) is 0 Å². The lowest BCUT2D eigenvalue weighted by molar-refractivity contribution is -0.137. The predicted molar refractivity (Wildman–Crippen MR) is 112 cm³/mol. The molecule has 9 heteroatoms. The van der Waals surface area contributed by atoms with E-state index in [1.54, 1.807) is 18.2 Å². The van der Waals surface area contributed by atoms with Crippen molar-refractivity contribution in [3.8, 4) is 5.75 Å². The maximum atomic E-state index is 12.7. The molecule has 1 aliphatic rings. The van der Waals surface area contributed by atoms with Crippen molar-refractivity contribution in [1.29, 1.82) is 0 Å². The molecule has 8 nitrogen and oxygen atoms in total. The van der Waals surface area contributed by atoms with E-state index in [1.165, 1.54) is 16.7 Å². The summed E-state index contributed by atoms with van der Waals surface area (Å²) in [5.74, 6) is -0.648. The normalized spacial score (nSPS) is 17.4. The van der Waals surface area contributed by atoms with E-state index < -0.39 is 11.2 Å². The molecular weight excluding hydrogens is 394 g/mol. The molecule has 1 saturated heterocycles. The van der Waals surface area contributed by atoms with Gasteiger partial charge in [0.25, 0.3) is 0 Å². The molecule has 1 aromatic rings. The monoisotopic (exact) mass is 419 g/mol. The summed E-state index contributed by atoms with van der Waals surface area (Å²) >= 11 is 1.24. The number of amidine groups is 1. The Balaban J connectivity index is 2.01. The first-order valence-corrected chi connectivity index (χ1v) is 10.2. The zero-order valence-electron chi connectivity index (χ0n) is 16.3. The summed E-state index contributed by atoms with van der Waals surface area (Å²) in [6.07, 6.45) is 1.95. The summed E-state index contributed by atoms with van der Waals surface area (Å²) in [6.45, 7) is 6.73. The topological polar surface area (TPSA) is 108 Å². The number of rotatable bonds is 11. The second kappa shape index (κ2) is 11.3. The fourth-order valence-corrected chi connectivity index (χ4v) is 3.79. The number of hydrogen-bond acceptors (Lipinski definition) is 6. The van der Waals surface area contributed by atoms with Crippen LogP contribution in [0.1, 0.15) is 26.2 Å². The molecule has 0 bridgehead atoms. The average molecular weight is 420 g/mol. The molecule has 1 aromatic carbocycles. The largest absolute Gasteiger partial charge is 0.494 e. The molecule has 156 valence electrons. The van der Waals surface area contributed by atoms with Crippen molar-refractivity contribution >= 4 is 40.4 Å². The van der Waals surface area contributed by atoms with Crippen LogP contribution in [0, 0.1) is 0 Å². The molecule has 0 aromatic heterocycles. The molecule has 1 aliphatic heterocycles. The number of benzene rings is 1. The van der Waals surface area contributed by atoms with E-state index in [1.807, 2.05) is 19.1 Å². The van der Waals surface area contributed by atoms with Crippen LogP contribution in [-0.4, -0.2) is 57.9 Å². The molecular formula is C20H25N3O5S. The fraction of sp³-hybridized carbons (Fsp3) is 0.400. The van der Waals surface area contributed by atoms with Crippen molar-refractivity contribution in [3.63, 3.8) is 0 Å². The molecule has 0 radical (unpaired) electrons. The molecule has 0 aliphatic carbocycles. The molecule has 29 heavy (non-hydrogen) atoms. The first-order valence-electron chi connectivity index (χ1n) is 9.33. The number of aliphatic imine (C=N–C) groups is 1. The molecule has 2 rings (SSSR count). The van der Waals surface area contributed by atoms with Gasteiger partial charge in [-0.3, -0.25) is 19.3 Å². The van der Waals surface area contributed by atoms with Gasteiger partial charge in [-0.15, -0.1) is 6.58 Å². The van der Waals surface area contributed by atoms with Crippen LogP contribution in [0.5, 0.6) is 5.75 Å². The van der Waals surface area contributed by atoms with E-state index in [4.69, 9.17) is 9.84 Å². The summed E-state index contributed by atoms with van der Waals surface area (Å²) in [5, 5.41) is 11.2. The molecule has 1 heterocycles. The van der Waals surface area contributed by atoms with Gasteiger partial charge >= 0.3 is 5.97 Å². The highest BCUT2D eigenvalue weighted by atomic mass is 32.2. The zero-order chi connectivity index (χ0) is 21.2. The first-order chi connectivity index (χ1) is 13.9. The average Bonchev–Trinajstić information content (AvgIpc) is 2.96. The van der Waals surface area contributed by atoms with Gasteiger partial charge < -0.3 is 15.2 Å². The number of ether oxygens (including phenoxy) is 1. The standard InChI is InChI=1S/C20H25N3O5S/c1-3-12-23-19(27)16(13-17(24)21-11-5-6-18(25)26)29-20(23)22-14-7-9-15(10-8-14)28-4-2/h3,7-10,16H,1,4-6,11-13H2,2H3,(H,21,24)(H,25,26). The lowest BCUT2D eigenvalue weighted by Crippen LogP contribution is -2.35. The minimum absolute atomic E-state index is 0.00646. The van der Waals surface area contributed by atoms with Gasteiger partial charge in [0.05, 0.1) is 12.3 Å². The van der Waals surface area contributed by atoms with Gasteiger partial charge in [0, 0.05) is 25.9 Å². The number of carbonyl (C=O) groups excluding carboxylic acids is 2. The number of carbonyl (C=O) groups is 3. The number of nitrogens with one attached hydrogen (secondary N) is 1. The lowest BCUT2D eigenvalue weighted by atomic mass is 10.2. The van der Waals surface area contributed by atoms with Gasteiger partial charge in [-0.1, -0.05) is 17.8 Å². The van der Waals surface area contributed by atoms with Crippen molar-refractivity contribution in [2.24, 2.45) is 4.99 Å². The van der Waals surface area contributed by atoms with E-state index >= 15 is 0 Å². The highest BCUT2D eigenvalue weighted by molar-refractivity contribution is 8.15. The third kappa shape index (κ3) is 6.94. The van der Waals surface area contributed by atoms with Crippen LogP contribution in [-0.2, 0) is 14.4 Å². The van der Waals surface area contributed by atoms with Crippen LogP contribution >= 0.6 is 11.8 Å². The molecule has 2 amide bonds. The van der Waals surface area contributed by atoms with Crippen molar-refractivity contribution in [1.82, 2.24) is 10.2 Å². The van der Waals surface area contributed by atoms with Crippen LogP contribution in [0.3, 0.4) is 0 Å². The number of carboxylic acid groups (broad SMARTS) is 1. The summed E-state index contributed by atoms with van der Waals surface area (Å²) < 4.78 is 5.41. The fourth-order valence-electron chi connectivity index (χ4n) is 2.62. The van der Waals surface area contributed by atoms with Crippen LogP contribution in [0.4, 0.5) is 5.69 Å². The molecule has 2 N–H and O–H groups in total. The second-order valence-corrected chi connectivity index (χ2v) is 7.39. The number of aliphatic carboxylic acids is 1. The summed E-state index contributed by atoms with van der Waals surface area (Å²) in [7, 11) is 0. The number of amides is 2.